The quantitative estimate of drug-likeness (QED) is 0.658. The molecular formula is C20H28ClN3O4S. The van der Waals surface area contributed by atoms with E-state index in [-0.39, 0.29) is 23.6 Å². The van der Waals surface area contributed by atoms with E-state index in [0.29, 0.717) is 56.8 Å². The Morgan fingerprint density at radius 1 is 1.03 bits per heavy atom. The van der Waals surface area contributed by atoms with Gasteiger partial charge in [0.25, 0.3) is 0 Å². The Morgan fingerprint density at radius 2 is 1.69 bits per heavy atom. The van der Waals surface area contributed by atoms with Gasteiger partial charge in [0.05, 0.1) is 44.0 Å². The van der Waals surface area contributed by atoms with E-state index in [4.69, 9.17) is 21.1 Å². The van der Waals surface area contributed by atoms with Crippen LogP contribution >= 0.6 is 23.4 Å². The largest absolute Gasteiger partial charge is 0.379 e. The van der Waals surface area contributed by atoms with Crippen molar-refractivity contribution in [1.29, 1.82) is 0 Å². The molecule has 0 spiro atoms. The van der Waals surface area contributed by atoms with Gasteiger partial charge in [-0.05, 0) is 11.6 Å². The number of thioether (sulfide) groups is 1. The fraction of sp³-hybridized carbons (Fsp3) is 0.600. The van der Waals surface area contributed by atoms with Crippen molar-refractivity contribution >= 4 is 35.2 Å². The number of ether oxygens (including phenoxy) is 2. The molecule has 3 rings (SSSR count). The lowest BCUT2D eigenvalue weighted by atomic mass is 10.0. The van der Waals surface area contributed by atoms with Crippen LogP contribution in [0.25, 0.3) is 0 Å². The number of amides is 2. The molecule has 2 aliphatic rings. The standard InChI is InChI=1S/C20H28ClN3O4S/c21-17-4-2-1-3-16(17)18(23-5-9-27-10-6-23)13-22-19(25)14-29-15-20(26)24-7-11-28-12-8-24/h1-4,18H,5-15H2,(H,22,25). The Kier molecular flexibility index (Phi) is 9.07. The second kappa shape index (κ2) is 11.8. The minimum absolute atomic E-state index is 0.00321. The van der Waals surface area contributed by atoms with Crippen molar-refractivity contribution in [2.45, 2.75) is 6.04 Å². The van der Waals surface area contributed by atoms with Crippen molar-refractivity contribution in [2.75, 3.05) is 70.7 Å². The van der Waals surface area contributed by atoms with Crippen LogP contribution in [0, 0.1) is 0 Å². The molecule has 7 nitrogen and oxygen atoms in total. The van der Waals surface area contributed by atoms with Crippen molar-refractivity contribution in [3.8, 4) is 0 Å². The first kappa shape index (κ1) is 22.4. The molecule has 1 N–H and O–H groups in total. The average molecular weight is 442 g/mol. The Bertz CT molecular complexity index is 681. The minimum atomic E-state index is -0.0740. The maximum atomic E-state index is 12.4. The first-order valence-electron chi connectivity index (χ1n) is 9.91. The highest BCUT2D eigenvalue weighted by molar-refractivity contribution is 8.00. The summed E-state index contributed by atoms with van der Waals surface area (Å²) in [6.07, 6.45) is 0. The Hall–Kier alpha value is -1.32. The summed E-state index contributed by atoms with van der Waals surface area (Å²) >= 11 is 7.77. The summed E-state index contributed by atoms with van der Waals surface area (Å²) < 4.78 is 10.7. The summed E-state index contributed by atoms with van der Waals surface area (Å²) in [5.74, 6) is 0.558. The van der Waals surface area contributed by atoms with Crippen LogP contribution in [0.4, 0.5) is 0 Å². The van der Waals surface area contributed by atoms with Crippen LogP contribution in [0.2, 0.25) is 5.02 Å². The van der Waals surface area contributed by atoms with Gasteiger partial charge in [-0.25, -0.2) is 0 Å². The molecule has 2 fully saturated rings. The molecular weight excluding hydrogens is 414 g/mol. The van der Waals surface area contributed by atoms with Crippen molar-refractivity contribution in [3.05, 3.63) is 34.9 Å². The lowest BCUT2D eigenvalue weighted by molar-refractivity contribution is -0.132. The predicted octanol–water partition coefficient (Wildman–Crippen LogP) is 1.42. The van der Waals surface area contributed by atoms with E-state index in [1.54, 1.807) is 4.90 Å². The molecule has 2 saturated heterocycles. The second-order valence-corrected chi connectivity index (χ2v) is 8.37. The summed E-state index contributed by atoms with van der Waals surface area (Å²) in [5, 5.41) is 3.71. The van der Waals surface area contributed by atoms with E-state index < -0.39 is 0 Å². The van der Waals surface area contributed by atoms with Crippen molar-refractivity contribution in [1.82, 2.24) is 15.1 Å². The van der Waals surface area contributed by atoms with Gasteiger partial charge < -0.3 is 19.7 Å². The molecule has 9 heteroatoms. The highest BCUT2D eigenvalue weighted by atomic mass is 35.5. The molecule has 0 aliphatic carbocycles. The molecule has 2 aliphatic heterocycles. The lowest BCUT2D eigenvalue weighted by Crippen LogP contribution is -2.44. The third kappa shape index (κ3) is 6.86. The van der Waals surface area contributed by atoms with Crippen LogP contribution in [0.3, 0.4) is 0 Å². The smallest absolute Gasteiger partial charge is 0.232 e. The van der Waals surface area contributed by atoms with E-state index in [9.17, 15) is 9.59 Å². The highest BCUT2D eigenvalue weighted by Gasteiger charge is 2.25. The molecule has 1 unspecified atom stereocenters. The van der Waals surface area contributed by atoms with Gasteiger partial charge in [0.1, 0.15) is 0 Å². The summed E-state index contributed by atoms with van der Waals surface area (Å²) in [5.41, 5.74) is 1.01. The van der Waals surface area contributed by atoms with Gasteiger partial charge in [0, 0.05) is 37.7 Å². The Balaban J connectivity index is 1.47. The van der Waals surface area contributed by atoms with E-state index in [1.165, 1.54) is 11.8 Å². The van der Waals surface area contributed by atoms with Crippen LogP contribution in [-0.4, -0.2) is 92.3 Å². The van der Waals surface area contributed by atoms with Crippen molar-refractivity contribution in [2.24, 2.45) is 0 Å². The van der Waals surface area contributed by atoms with E-state index in [1.807, 2.05) is 24.3 Å². The van der Waals surface area contributed by atoms with Gasteiger partial charge in [-0.1, -0.05) is 29.8 Å². The first-order valence-corrected chi connectivity index (χ1v) is 11.4. The monoisotopic (exact) mass is 441 g/mol. The van der Waals surface area contributed by atoms with Gasteiger partial charge >= 0.3 is 0 Å². The summed E-state index contributed by atoms with van der Waals surface area (Å²) in [6.45, 7) is 5.85. The molecule has 1 aromatic rings. The molecule has 1 aromatic carbocycles. The number of hydrogen-bond donors (Lipinski definition) is 1. The molecule has 1 atom stereocenters. The second-order valence-electron chi connectivity index (χ2n) is 6.98. The highest BCUT2D eigenvalue weighted by Crippen LogP contribution is 2.27. The van der Waals surface area contributed by atoms with Crippen LogP contribution in [0.5, 0.6) is 0 Å². The maximum Gasteiger partial charge on any atom is 0.232 e. The topological polar surface area (TPSA) is 71.1 Å². The maximum absolute atomic E-state index is 12.4. The van der Waals surface area contributed by atoms with Crippen molar-refractivity contribution in [3.63, 3.8) is 0 Å². The number of hydrogen-bond acceptors (Lipinski definition) is 6. The van der Waals surface area contributed by atoms with E-state index in [0.717, 1.165) is 18.7 Å². The number of halogens is 1. The Morgan fingerprint density at radius 3 is 2.38 bits per heavy atom. The average Bonchev–Trinajstić information content (AvgIpc) is 2.76. The van der Waals surface area contributed by atoms with E-state index in [2.05, 4.69) is 10.2 Å². The first-order chi connectivity index (χ1) is 14.1. The summed E-state index contributed by atoms with van der Waals surface area (Å²) in [4.78, 5) is 28.6. The molecule has 0 radical (unpaired) electrons. The molecule has 2 heterocycles. The zero-order valence-corrected chi connectivity index (χ0v) is 18.1. The fourth-order valence-electron chi connectivity index (χ4n) is 3.47. The SMILES string of the molecule is O=C(CSCC(=O)N1CCOCC1)NCC(c1ccccc1Cl)N1CCOCC1. The zero-order valence-electron chi connectivity index (χ0n) is 16.5. The minimum Gasteiger partial charge on any atom is -0.379 e. The number of carbonyl (C=O) groups is 2. The zero-order chi connectivity index (χ0) is 20.5. The predicted molar refractivity (Wildman–Crippen MR) is 114 cm³/mol. The molecule has 0 aromatic heterocycles. The number of nitrogens with zero attached hydrogens (tertiary/aromatic N) is 2. The normalized spacial score (nSPS) is 19.0. The van der Waals surface area contributed by atoms with Crippen LogP contribution < -0.4 is 5.32 Å². The number of rotatable bonds is 8. The van der Waals surface area contributed by atoms with Gasteiger partial charge in [-0.15, -0.1) is 11.8 Å². The number of morpholine rings is 2. The molecule has 160 valence electrons. The fourth-order valence-corrected chi connectivity index (χ4v) is 4.48. The molecule has 0 saturated carbocycles. The number of nitrogens with one attached hydrogen (secondary N) is 1. The van der Waals surface area contributed by atoms with Gasteiger partial charge in [0.2, 0.25) is 11.8 Å². The van der Waals surface area contributed by atoms with Crippen LogP contribution in [0.15, 0.2) is 24.3 Å². The van der Waals surface area contributed by atoms with Crippen LogP contribution in [-0.2, 0) is 19.1 Å². The van der Waals surface area contributed by atoms with Crippen LogP contribution in [0.1, 0.15) is 11.6 Å². The lowest BCUT2D eigenvalue weighted by Gasteiger charge is -2.35. The van der Waals surface area contributed by atoms with Gasteiger partial charge in [0.15, 0.2) is 0 Å². The summed E-state index contributed by atoms with van der Waals surface area (Å²) in [7, 11) is 0. The van der Waals surface area contributed by atoms with Crippen molar-refractivity contribution < 1.29 is 19.1 Å². The number of carbonyl (C=O) groups excluding carboxylic acids is 2. The Labute approximate surface area is 181 Å². The molecule has 0 bridgehead atoms. The molecule has 29 heavy (non-hydrogen) atoms. The van der Waals surface area contributed by atoms with Gasteiger partial charge in [-0.2, -0.15) is 0 Å². The number of benzene rings is 1. The third-order valence-corrected chi connectivity index (χ3v) is 6.33. The molecule has 2 amide bonds. The van der Waals surface area contributed by atoms with E-state index >= 15 is 0 Å². The summed E-state index contributed by atoms with van der Waals surface area (Å²) in [6, 6.07) is 7.74. The van der Waals surface area contributed by atoms with Gasteiger partial charge in [-0.3, -0.25) is 14.5 Å². The third-order valence-electron chi connectivity index (χ3n) is 5.07.